The zero-order valence-corrected chi connectivity index (χ0v) is 12.3. The Labute approximate surface area is 122 Å². The van der Waals surface area contributed by atoms with Gasteiger partial charge in [-0.1, -0.05) is 24.4 Å². The van der Waals surface area contributed by atoms with Crippen molar-refractivity contribution in [2.75, 3.05) is 20.3 Å². The number of pyridine rings is 1. The Kier molecular flexibility index (Phi) is 5.20. The van der Waals surface area contributed by atoms with Crippen LogP contribution in [0.3, 0.4) is 0 Å². The summed E-state index contributed by atoms with van der Waals surface area (Å²) in [6, 6.07) is 1.68. The fourth-order valence-electron chi connectivity index (χ4n) is 2.60. The summed E-state index contributed by atoms with van der Waals surface area (Å²) in [6.45, 7) is 1.05. The molecule has 1 amide bonds. The third-order valence-electron chi connectivity index (χ3n) is 3.67. The topological polar surface area (TPSA) is 62.4 Å². The van der Waals surface area contributed by atoms with E-state index in [0.717, 1.165) is 25.7 Å². The fraction of sp³-hybridized carbons (Fsp3) is 0.571. The molecule has 0 bridgehead atoms. The molecule has 0 saturated heterocycles. The Hall–Kier alpha value is -1.33. The number of halogens is 1. The van der Waals surface area contributed by atoms with Crippen molar-refractivity contribution in [3.63, 3.8) is 0 Å². The standard InChI is InChI=1S/C14H19ClN2O3/c1-20-7-6-17(11-4-2-3-5-11)14(19)10-8-12(15)13(18)16-9-10/h8-9,11H,2-7H2,1H3,(H,16,18). The number of nitrogens with zero attached hydrogens (tertiary/aromatic N) is 1. The molecule has 1 fully saturated rings. The van der Waals surface area contributed by atoms with Gasteiger partial charge in [-0.25, -0.2) is 0 Å². The molecule has 0 spiro atoms. The van der Waals surface area contributed by atoms with E-state index in [0.29, 0.717) is 18.7 Å². The summed E-state index contributed by atoms with van der Waals surface area (Å²) in [4.78, 5) is 28.2. The zero-order chi connectivity index (χ0) is 14.5. The zero-order valence-electron chi connectivity index (χ0n) is 11.5. The first-order valence-electron chi connectivity index (χ1n) is 6.81. The first kappa shape index (κ1) is 15.1. The molecule has 1 N–H and O–H groups in total. The minimum atomic E-state index is -0.382. The van der Waals surface area contributed by atoms with E-state index < -0.39 is 0 Å². The van der Waals surface area contributed by atoms with Crippen LogP contribution in [0.5, 0.6) is 0 Å². The van der Waals surface area contributed by atoms with E-state index in [-0.39, 0.29) is 22.5 Å². The van der Waals surface area contributed by atoms with Crippen LogP contribution >= 0.6 is 11.6 Å². The number of methoxy groups -OCH3 is 1. The van der Waals surface area contributed by atoms with E-state index in [4.69, 9.17) is 16.3 Å². The van der Waals surface area contributed by atoms with Crippen molar-refractivity contribution in [3.05, 3.63) is 33.2 Å². The van der Waals surface area contributed by atoms with E-state index in [1.807, 2.05) is 4.90 Å². The first-order chi connectivity index (χ1) is 9.63. The molecule has 5 nitrogen and oxygen atoms in total. The van der Waals surface area contributed by atoms with Gasteiger partial charge in [0.1, 0.15) is 5.02 Å². The van der Waals surface area contributed by atoms with E-state index in [1.54, 1.807) is 7.11 Å². The van der Waals surface area contributed by atoms with Crippen molar-refractivity contribution in [2.24, 2.45) is 0 Å². The molecule has 0 aliphatic heterocycles. The number of carbonyl (C=O) groups is 1. The largest absolute Gasteiger partial charge is 0.383 e. The molecule has 20 heavy (non-hydrogen) atoms. The molecular formula is C14H19ClN2O3. The highest BCUT2D eigenvalue weighted by molar-refractivity contribution is 6.30. The second-order valence-corrected chi connectivity index (χ2v) is 5.40. The summed E-state index contributed by atoms with van der Waals surface area (Å²) in [5, 5.41) is 0.0361. The summed E-state index contributed by atoms with van der Waals surface area (Å²) in [6.07, 6.45) is 5.76. The van der Waals surface area contributed by atoms with Crippen LogP contribution in [0.1, 0.15) is 36.0 Å². The Morgan fingerprint density at radius 3 is 2.80 bits per heavy atom. The smallest absolute Gasteiger partial charge is 0.266 e. The maximum Gasteiger partial charge on any atom is 0.266 e. The lowest BCUT2D eigenvalue weighted by molar-refractivity contribution is 0.0605. The molecular weight excluding hydrogens is 280 g/mol. The van der Waals surface area contributed by atoms with Crippen molar-refractivity contribution in [1.29, 1.82) is 0 Å². The molecule has 2 rings (SSSR count). The van der Waals surface area contributed by atoms with Gasteiger partial charge >= 0.3 is 0 Å². The predicted octanol–water partition coefficient (Wildman–Crippen LogP) is 2.06. The molecule has 0 aromatic carbocycles. The number of aromatic amines is 1. The van der Waals surface area contributed by atoms with Gasteiger partial charge < -0.3 is 14.6 Å². The van der Waals surface area contributed by atoms with Crippen LogP contribution in [0.25, 0.3) is 0 Å². The number of H-pyrrole nitrogens is 1. The number of carbonyl (C=O) groups excluding carboxylic acids is 1. The molecule has 1 aliphatic carbocycles. The molecule has 0 radical (unpaired) electrons. The van der Waals surface area contributed by atoms with Gasteiger partial charge in [-0.05, 0) is 18.9 Å². The van der Waals surface area contributed by atoms with Crippen molar-refractivity contribution in [3.8, 4) is 0 Å². The van der Waals surface area contributed by atoms with Crippen LogP contribution in [0, 0.1) is 0 Å². The third kappa shape index (κ3) is 3.41. The summed E-state index contributed by atoms with van der Waals surface area (Å²) in [5.74, 6) is -0.105. The summed E-state index contributed by atoms with van der Waals surface area (Å²) >= 11 is 5.79. The number of rotatable bonds is 5. The molecule has 1 aromatic heterocycles. The van der Waals surface area contributed by atoms with Gasteiger partial charge in [0.05, 0.1) is 12.2 Å². The molecule has 6 heteroatoms. The van der Waals surface area contributed by atoms with Gasteiger partial charge in [-0.2, -0.15) is 0 Å². The van der Waals surface area contributed by atoms with Crippen molar-refractivity contribution < 1.29 is 9.53 Å². The van der Waals surface area contributed by atoms with Crippen LogP contribution in [-0.2, 0) is 4.74 Å². The van der Waals surface area contributed by atoms with Crippen LogP contribution < -0.4 is 5.56 Å². The predicted molar refractivity (Wildman–Crippen MR) is 77.2 cm³/mol. The van der Waals surface area contributed by atoms with Crippen molar-refractivity contribution in [2.45, 2.75) is 31.7 Å². The van der Waals surface area contributed by atoms with Crippen LogP contribution in [-0.4, -0.2) is 42.1 Å². The van der Waals surface area contributed by atoms with Crippen molar-refractivity contribution in [1.82, 2.24) is 9.88 Å². The van der Waals surface area contributed by atoms with E-state index in [2.05, 4.69) is 4.98 Å². The molecule has 110 valence electrons. The molecule has 1 aromatic rings. The molecule has 0 unspecified atom stereocenters. The second kappa shape index (κ2) is 6.90. The monoisotopic (exact) mass is 298 g/mol. The number of ether oxygens (including phenoxy) is 1. The van der Waals surface area contributed by atoms with Gasteiger partial charge in [-0.15, -0.1) is 0 Å². The number of nitrogens with one attached hydrogen (secondary N) is 1. The SMILES string of the molecule is COCCN(C(=O)c1c[nH]c(=O)c(Cl)c1)C1CCCC1. The minimum absolute atomic E-state index is 0.0361. The van der Waals surface area contributed by atoms with E-state index in [9.17, 15) is 9.59 Å². The lowest BCUT2D eigenvalue weighted by Crippen LogP contribution is -2.41. The molecule has 1 saturated carbocycles. The van der Waals surface area contributed by atoms with Gasteiger partial charge in [0.15, 0.2) is 0 Å². The average Bonchev–Trinajstić information content (AvgIpc) is 2.96. The summed E-state index contributed by atoms with van der Waals surface area (Å²) in [5.41, 5.74) is 0.0325. The normalized spacial score (nSPS) is 15.5. The Bertz CT molecular complexity index is 523. The number of hydrogen-bond acceptors (Lipinski definition) is 3. The maximum absolute atomic E-state index is 12.6. The van der Waals surface area contributed by atoms with Crippen LogP contribution in [0.2, 0.25) is 5.02 Å². The number of amides is 1. The van der Waals surface area contributed by atoms with Gasteiger partial charge in [0.2, 0.25) is 0 Å². The highest BCUT2D eigenvalue weighted by Gasteiger charge is 2.27. The van der Waals surface area contributed by atoms with E-state index >= 15 is 0 Å². The highest BCUT2D eigenvalue weighted by atomic mass is 35.5. The molecule has 1 heterocycles. The lowest BCUT2D eigenvalue weighted by Gasteiger charge is -2.28. The first-order valence-corrected chi connectivity index (χ1v) is 7.19. The fourth-order valence-corrected chi connectivity index (χ4v) is 2.77. The van der Waals surface area contributed by atoms with Crippen molar-refractivity contribution >= 4 is 17.5 Å². The summed E-state index contributed by atoms with van der Waals surface area (Å²) in [7, 11) is 1.62. The van der Waals surface area contributed by atoms with Gasteiger partial charge in [0, 0.05) is 25.9 Å². The summed E-state index contributed by atoms with van der Waals surface area (Å²) < 4.78 is 5.08. The second-order valence-electron chi connectivity index (χ2n) is 5.00. The Balaban J connectivity index is 2.19. The van der Waals surface area contributed by atoms with Gasteiger partial charge in [0.25, 0.3) is 11.5 Å². The molecule has 1 aliphatic rings. The lowest BCUT2D eigenvalue weighted by atomic mass is 10.1. The van der Waals surface area contributed by atoms with Crippen LogP contribution in [0.15, 0.2) is 17.1 Å². The molecule has 0 atom stereocenters. The maximum atomic E-state index is 12.6. The Morgan fingerprint density at radius 1 is 1.50 bits per heavy atom. The third-order valence-corrected chi connectivity index (χ3v) is 3.95. The average molecular weight is 299 g/mol. The number of hydrogen-bond donors (Lipinski definition) is 1. The quantitative estimate of drug-likeness (QED) is 0.905. The van der Waals surface area contributed by atoms with E-state index in [1.165, 1.54) is 12.3 Å². The van der Waals surface area contributed by atoms with Gasteiger partial charge in [-0.3, -0.25) is 9.59 Å². The van der Waals surface area contributed by atoms with Crippen LogP contribution in [0.4, 0.5) is 0 Å². The highest BCUT2D eigenvalue weighted by Crippen LogP contribution is 2.24. The Morgan fingerprint density at radius 2 is 2.20 bits per heavy atom. The minimum Gasteiger partial charge on any atom is -0.383 e. The number of aromatic nitrogens is 1.